The van der Waals surface area contributed by atoms with Gasteiger partial charge in [-0.05, 0) is 65.7 Å². The summed E-state index contributed by atoms with van der Waals surface area (Å²) < 4.78 is 33.9. The van der Waals surface area contributed by atoms with Gasteiger partial charge >= 0.3 is 0 Å². The van der Waals surface area contributed by atoms with E-state index in [0.717, 1.165) is 14.7 Å². The first-order chi connectivity index (χ1) is 13.9. The summed E-state index contributed by atoms with van der Waals surface area (Å²) in [6.07, 6.45) is 0.298. The number of methoxy groups -OCH3 is 1. The lowest BCUT2D eigenvalue weighted by Crippen LogP contribution is -2.16. The van der Waals surface area contributed by atoms with Crippen LogP contribution in [0.1, 0.15) is 19.8 Å². The molecular weight excluding hydrogens is 476 g/mol. The van der Waals surface area contributed by atoms with E-state index in [4.69, 9.17) is 4.74 Å². The Morgan fingerprint density at radius 2 is 1.93 bits per heavy atom. The summed E-state index contributed by atoms with van der Waals surface area (Å²) in [5.74, 6) is 0.170. The van der Waals surface area contributed by atoms with Crippen LogP contribution in [0.4, 0.5) is 0 Å². The highest BCUT2D eigenvalue weighted by Gasteiger charge is 2.15. The largest absolute Gasteiger partial charge is 0.497 e. The normalized spacial score (nSPS) is 12.4. The number of benzene rings is 2. The van der Waals surface area contributed by atoms with Crippen LogP contribution in [0.2, 0.25) is 0 Å². The van der Waals surface area contributed by atoms with E-state index >= 15 is 0 Å². The number of carbonyl (C=O) groups is 1. The minimum Gasteiger partial charge on any atom is -0.497 e. The number of hydrogen-bond donors (Lipinski definition) is 0. The van der Waals surface area contributed by atoms with Crippen molar-refractivity contribution < 1.29 is 17.9 Å². The van der Waals surface area contributed by atoms with Gasteiger partial charge in [0, 0.05) is 17.4 Å². The highest BCUT2D eigenvalue weighted by atomic mass is 79.9. The summed E-state index contributed by atoms with van der Waals surface area (Å²) in [4.78, 5) is 17.4. The maximum atomic E-state index is 12.4. The first-order valence-electron chi connectivity index (χ1n) is 9.08. The molecule has 0 N–H and O–H groups in total. The number of halogens is 1. The van der Waals surface area contributed by atoms with E-state index in [0.29, 0.717) is 17.1 Å². The Bertz CT molecular complexity index is 1200. The molecule has 9 heteroatoms. The number of ether oxygens (including phenoxy) is 1. The van der Waals surface area contributed by atoms with Crippen molar-refractivity contribution in [1.82, 2.24) is 4.57 Å². The fourth-order valence-electron chi connectivity index (χ4n) is 2.94. The molecule has 0 saturated carbocycles. The predicted molar refractivity (Wildman–Crippen MR) is 118 cm³/mol. The van der Waals surface area contributed by atoms with Crippen molar-refractivity contribution >= 4 is 53.2 Å². The molecule has 1 heterocycles. The van der Waals surface area contributed by atoms with Crippen molar-refractivity contribution in [2.75, 3.05) is 12.9 Å². The smallest absolute Gasteiger partial charge is 0.248 e. The van der Waals surface area contributed by atoms with Crippen LogP contribution in [0.15, 0.2) is 56.8 Å². The number of rotatable bonds is 7. The van der Waals surface area contributed by atoms with Gasteiger partial charge in [0.15, 0.2) is 14.6 Å². The van der Waals surface area contributed by atoms with E-state index in [1.165, 1.54) is 30.6 Å². The second-order valence-corrected chi connectivity index (χ2v) is 10.3. The molecule has 29 heavy (non-hydrogen) atoms. The molecule has 0 aliphatic carbocycles. The molecule has 1 aromatic heterocycles. The van der Waals surface area contributed by atoms with Crippen LogP contribution in [0.5, 0.6) is 5.75 Å². The van der Waals surface area contributed by atoms with Crippen molar-refractivity contribution in [2.45, 2.75) is 31.2 Å². The fraction of sp³-hybridized carbons (Fsp3) is 0.300. The van der Waals surface area contributed by atoms with E-state index in [-0.39, 0.29) is 29.4 Å². The molecule has 0 saturated heterocycles. The molecule has 0 spiro atoms. The summed E-state index contributed by atoms with van der Waals surface area (Å²) in [5, 5.41) is 0. The number of aryl methyl sites for hydroxylation is 1. The Hall–Kier alpha value is -1.97. The Morgan fingerprint density at radius 3 is 2.59 bits per heavy atom. The van der Waals surface area contributed by atoms with Gasteiger partial charge in [0.2, 0.25) is 5.91 Å². The van der Waals surface area contributed by atoms with Crippen molar-refractivity contribution in [3.05, 3.63) is 51.7 Å². The lowest BCUT2D eigenvalue weighted by molar-refractivity contribution is -0.118. The van der Waals surface area contributed by atoms with Crippen molar-refractivity contribution in [2.24, 2.45) is 4.99 Å². The van der Waals surface area contributed by atoms with Crippen LogP contribution in [-0.4, -0.2) is 31.8 Å². The monoisotopic (exact) mass is 496 g/mol. The number of amides is 1. The third-order valence-electron chi connectivity index (χ3n) is 4.41. The van der Waals surface area contributed by atoms with Gasteiger partial charge < -0.3 is 9.30 Å². The standard InChI is InChI=1S/C20H21BrN2O4S2/c1-3-23-19-16(21)6-4-7-17(19)28-20(23)22-18(24)8-5-13-29(25,26)15-11-9-14(27-2)10-12-15/h4,6-7,9-12H,3,5,8,13H2,1-2H3. The Balaban J connectivity index is 1.71. The number of carbonyl (C=O) groups excluding carboxylic acids is 1. The number of para-hydroxylation sites is 1. The maximum Gasteiger partial charge on any atom is 0.248 e. The van der Waals surface area contributed by atoms with Crippen LogP contribution in [0.3, 0.4) is 0 Å². The van der Waals surface area contributed by atoms with Crippen LogP contribution >= 0.6 is 27.3 Å². The van der Waals surface area contributed by atoms with Gasteiger partial charge in [-0.25, -0.2) is 8.42 Å². The highest BCUT2D eigenvalue weighted by molar-refractivity contribution is 9.10. The molecule has 0 unspecified atom stereocenters. The number of fused-ring (bicyclic) bond motifs is 1. The predicted octanol–water partition coefficient (Wildman–Crippen LogP) is 4.18. The van der Waals surface area contributed by atoms with Gasteiger partial charge in [-0.2, -0.15) is 4.99 Å². The van der Waals surface area contributed by atoms with Crippen LogP contribution in [0.25, 0.3) is 10.2 Å². The second-order valence-electron chi connectivity index (χ2n) is 6.32. The zero-order chi connectivity index (χ0) is 21.0. The van der Waals surface area contributed by atoms with E-state index in [1.54, 1.807) is 12.1 Å². The van der Waals surface area contributed by atoms with Gasteiger partial charge in [-0.3, -0.25) is 4.79 Å². The van der Waals surface area contributed by atoms with Crippen molar-refractivity contribution in [3.8, 4) is 5.75 Å². The molecular formula is C20H21BrN2O4S2. The molecule has 0 aliphatic heterocycles. The van der Waals surface area contributed by atoms with Gasteiger partial charge in [-0.15, -0.1) is 0 Å². The first kappa shape index (κ1) is 21.7. The van der Waals surface area contributed by atoms with Crippen LogP contribution < -0.4 is 9.54 Å². The van der Waals surface area contributed by atoms with Gasteiger partial charge in [0.05, 0.1) is 28.0 Å². The summed E-state index contributed by atoms with van der Waals surface area (Å²) >= 11 is 4.99. The summed E-state index contributed by atoms with van der Waals surface area (Å²) in [6, 6.07) is 12.1. The summed E-state index contributed by atoms with van der Waals surface area (Å²) in [5.41, 5.74) is 1.01. The summed E-state index contributed by atoms with van der Waals surface area (Å²) in [6.45, 7) is 2.68. The summed E-state index contributed by atoms with van der Waals surface area (Å²) in [7, 11) is -1.93. The van der Waals surface area contributed by atoms with E-state index in [9.17, 15) is 13.2 Å². The van der Waals surface area contributed by atoms with E-state index in [2.05, 4.69) is 20.9 Å². The second kappa shape index (κ2) is 9.23. The molecule has 3 rings (SSSR count). The van der Waals surface area contributed by atoms with Crippen molar-refractivity contribution in [3.63, 3.8) is 0 Å². The SMILES string of the molecule is CCn1c(=NC(=O)CCCS(=O)(=O)c2ccc(OC)cc2)sc2cccc(Br)c21. The minimum atomic E-state index is -3.45. The van der Waals surface area contributed by atoms with Gasteiger partial charge in [-0.1, -0.05) is 17.4 Å². The van der Waals surface area contributed by atoms with E-state index in [1.807, 2.05) is 29.7 Å². The molecule has 0 aliphatic rings. The number of aromatic nitrogens is 1. The number of thiazole rings is 1. The molecule has 0 bridgehead atoms. The molecule has 3 aromatic rings. The third-order valence-corrected chi connectivity index (χ3v) is 7.91. The fourth-order valence-corrected chi connectivity index (χ4v) is 6.10. The zero-order valence-electron chi connectivity index (χ0n) is 16.1. The lowest BCUT2D eigenvalue weighted by atomic mass is 10.3. The number of hydrogen-bond acceptors (Lipinski definition) is 5. The molecule has 0 radical (unpaired) electrons. The molecule has 154 valence electrons. The lowest BCUT2D eigenvalue weighted by Gasteiger charge is -2.05. The average molecular weight is 497 g/mol. The quantitative estimate of drug-likeness (QED) is 0.491. The number of nitrogens with zero attached hydrogens (tertiary/aromatic N) is 2. The topological polar surface area (TPSA) is 77.7 Å². The van der Waals surface area contributed by atoms with Gasteiger partial charge in [0.1, 0.15) is 5.75 Å². The molecule has 2 aromatic carbocycles. The maximum absolute atomic E-state index is 12.4. The minimum absolute atomic E-state index is 0.0779. The Kier molecular flexibility index (Phi) is 6.92. The first-order valence-corrected chi connectivity index (χ1v) is 12.3. The number of sulfone groups is 1. The highest BCUT2D eigenvalue weighted by Crippen LogP contribution is 2.25. The molecule has 6 nitrogen and oxygen atoms in total. The Morgan fingerprint density at radius 1 is 1.21 bits per heavy atom. The van der Waals surface area contributed by atoms with Crippen LogP contribution in [-0.2, 0) is 21.2 Å². The molecule has 0 atom stereocenters. The van der Waals surface area contributed by atoms with E-state index < -0.39 is 9.84 Å². The molecule has 0 fully saturated rings. The zero-order valence-corrected chi connectivity index (χ0v) is 19.3. The molecule has 1 amide bonds. The average Bonchev–Trinajstić information content (AvgIpc) is 3.06. The third kappa shape index (κ3) is 4.96. The van der Waals surface area contributed by atoms with Crippen LogP contribution in [0, 0.1) is 0 Å². The van der Waals surface area contributed by atoms with Crippen molar-refractivity contribution in [1.29, 1.82) is 0 Å². The Labute approximate surface area is 181 Å². The van der Waals surface area contributed by atoms with Gasteiger partial charge in [0.25, 0.3) is 0 Å².